The lowest BCUT2D eigenvalue weighted by molar-refractivity contribution is -0.173. The minimum atomic E-state index is -3.90. The average molecular weight is 887 g/mol. The molecule has 2 aromatic heterocycles. The second-order valence-electron chi connectivity index (χ2n) is 14.6. The maximum Gasteiger partial charge on any atom is 0.279 e. The zero-order valence-electron chi connectivity index (χ0n) is 32.2. The van der Waals surface area contributed by atoms with Crippen molar-refractivity contribution in [1.29, 1.82) is 0 Å². The summed E-state index contributed by atoms with van der Waals surface area (Å²) in [5.74, 6) is -9.78. The molecule has 2 fully saturated rings. The fourth-order valence-corrected chi connectivity index (χ4v) is 10.3. The number of ether oxygens (including phenoxy) is 2. The number of amides is 2. The van der Waals surface area contributed by atoms with Crippen LogP contribution in [0.5, 0.6) is 11.5 Å². The molecular formula is C44H34F4N4O8S2. The first-order valence-electron chi connectivity index (χ1n) is 19.1. The summed E-state index contributed by atoms with van der Waals surface area (Å²) < 4.78 is 128. The van der Waals surface area contributed by atoms with Crippen LogP contribution in [0.15, 0.2) is 144 Å². The van der Waals surface area contributed by atoms with Gasteiger partial charge in [0.05, 0.1) is 20.3 Å². The first-order chi connectivity index (χ1) is 29.6. The molecule has 0 aliphatic heterocycles. The molecule has 2 amide bonds. The van der Waals surface area contributed by atoms with E-state index in [9.17, 15) is 25.6 Å². The topological polar surface area (TPSA) is 171 Å². The lowest BCUT2D eigenvalue weighted by atomic mass is 9.71. The number of sulfone groups is 2. The number of anilines is 2. The van der Waals surface area contributed by atoms with Gasteiger partial charge in [0, 0.05) is 35.7 Å². The smallest absolute Gasteiger partial charge is 0.279 e. The van der Waals surface area contributed by atoms with Crippen molar-refractivity contribution in [2.24, 2.45) is 0 Å². The number of rotatable bonds is 15. The Balaban J connectivity index is 1.51. The highest BCUT2D eigenvalue weighted by molar-refractivity contribution is 7.92. The molecule has 2 aliphatic rings. The van der Waals surface area contributed by atoms with Crippen molar-refractivity contribution in [1.82, 2.24) is 9.97 Å². The summed E-state index contributed by atoms with van der Waals surface area (Å²) in [6.45, 7) is 0. The van der Waals surface area contributed by atoms with E-state index >= 15 is 18.4 Å². The van der Waals surface area contributed by atoms with Gasteiger partial charge in [-0.05, 0) is 98.5 Å². The lowest BCUT2D eigenvalue weighted by Gasteiger charge is -2.47. The summed E-state index contributed by atoms with van der Waals surface area (Å²) in [6.07, 6.45) is 4.20. The standard InChI is InChI=1S/C44H34F4N4O8S2/c45-29-11-21-37(35(47)25-29)59-43(41(53)51-39-5-1-3-23-49-39,27-7-13-31(14-8-27)61(55,56)33-17-18-33)44(42(54)52-40-6-2-4-24-50-40,60-38-22-12-30(46)26-36(38)48)28-9-15-32(16-10-28)62(57,58)34-19-20-34/h1-16,21-26,33-34H,17-20H2,(H,49,51,53)(H,50,52,54). The first-order valence-corrected chi connectivity index (χ1v) is 22.2. The molecule has 8 rings (SSSR count). The molecule has 12 nitrogen and oxygen atoms in total. The van der Waals surface area contributed by atoms with Crippen molar-refractivity contribution in [3.05, 3.63) is 168 Å². The Hall–Kier alpha value is -6.66. The van der Waals surface area contributed by atoms with E-state index in [1.165, 1.54) is 48.8 Å². The molecule has 2 aliphatic carbocycles. The highest BCUT2D eigenvalue weighted by Gasteiger charge is 2.69. The molecule has 2 heterocycles. The molecule has 0 radical (unpaired) electrons. The van der Waals surface area contributed by atoms with Gasteiger partial charge in [0.2, 0.25) is 0 Å². The Morgan fingerprint density at radius 1 is 0.532 bits per heavy atom. The molecule has 4 aromatic carbocycles. The molecule has 6 aromatic rings. The van der Waals surface area contributed by atoms with Gasteiger partial charge in [0.25, 0.3) is 23.0 Å². The van der Waals surface area contributed by atoms with Crippen molar-refractivity contribution >= 4 is 43.1 Å². The zero-order chi connectivity index (χ0) is 43.9. The summed E-state index contributed by atoms with van der Waals surface area (Å²) in [7, 11) is -7.81. The SMILES string of the molecule is O=C(Nc1ccccn1)C(Oc1ccc(F)cc1F)(c1ccc(S(=O)(=O)C2CC2)cc1)C(Oc1ccc(F)cc1F)(C(=O)Nc1ccccn1)c1ccc(S(=O)(=O)C2CC2)cc1. The first kappa shape index (κ1) is 42.0. The minimum Gasteiger partial charge on any atom is -0.464 e. The number of halogens is 4. The summed E-state index contributed by atoms with van der Waals surface area (Å²) in [5.41, 5.74) is -7.39. The van der Waals surface area contributed by atoms with Gasteiger partial charge in [0.1, 0.15) is 23.3 Å². The fraction of sp³-hybridized carbons (Fsp3) is 0.182. The van der Waals surface area contributed by atoms with E-state index in [0.29, 0.717) is 37.8 Å². The number of nitrogens with one attached hydrogen (secondary N) is 2. The van der Waals surface area contributed by atoms with Crippen LogP contribution in [-0.2, 0) is 40.5 Å². The largest absolute Gasteiger partial charge is 0.464 e. The maximum absolute atomic E-state index is 16.1. The number of carbonyl (C=O) groups is 2. The van der Waals surface area contributed by atoms with Crippen molar-refractivity contribution in [2.45, 2.75) is 57.2 Å². The van der Waals surface area contributed by atoms with Gasteiger partial charge in [-0.1, -0.05) is 36.4 Å². The molecule has 2 saturated carbocycles. The van der Waals surface area contributed by atoms with E-state index < -0.39 is 99.1 Å². The molecule has 18 heteroatoms. The van der Waals surface area contributed by atoms with E-state index in [0.717, 1.165) is 72.8 Å². The Morgan fingerprint density at radius 2 is 0.903 bits per heavy atom. The normalized spacial score (nSPS) is 16.0. The molecule has 2 atom stereocenters. The van der Waals surface area contributed by atoms with E-state index in [1.807, 2.05) is 0 Å². The Morgan fingerprint density at radius 3 is 1.21 bits per heavy atom. The Kier molecular flexibility index (Phi) is 11.1. The van der Waals surface area contributed by atoms with Crippen molar-refractivity contribution in [3.63, 3.8) is 0 Å². The zero-order valence-corrected chi connectivity index (χ0v) is 33.8. The summed E-state index contributed by atoms with van der Waals surface area (Å²) in [5, 5.41) is 3.73. The van der Waals surface area contributed by atoms with Crippen molar-refractivity contribution in [2.75, 3.05) is 10.6 Å². The van der Waals surface area contributed by atoms with E-state index in [1.54, 1.807) is 0 Å². The van der Waals surface area contributed by atoms with Crippen LogP contribution in [-0.4, -0.2) is 49.1 Å². The van der Waals surface area contributed by atoms with E-state index in [2.05, 4.69) is 20.6 Å². The van der Waals surface area contributed by atoms with Crippen LogP contribution in [0.2, 0.25) is 0 Å². The van der Waals surface area contributed by atoms with Gasteiger partial charge < -0.3 is 20.1 Å². The van der Waals surface area contributed by atoms with Crippen molar-refractivity contribution in [3.8, 4) is 11.5 Å². The summed E-state index contributed by atoms with van der Waals surface area (Å²) in [4.78, 5) is 39.4. The van der Waals surface area contributed by atoms with Gasteiger partial charge in [-0.2, -0.15) is 0 Å². The van der Waals surface area contributed by atoms with Crippen molar-refractivity contribution < 1.29 is 53.5 Å². The maximum atomic E-state index is 16.1. The number of hydrogen-bond acceptors (Lipinski definition) is 10. The third-order valence-electron chi connectivity index (χ3n) is 10.4. The molecule has 62 heavy (non-hydrogen) atoms. The quantitative estimate of drug-likeness (QED) is 0.0989. The van der Waals surface area contributed by atoms with Gasteiger partial charge in [-0.25, -0.2) is 44.4 Å². The molecule has 318 valence electrons. The molecular weight excluding hydrogens is 853 g/mol. The molecule has 0 saturated heterocycles. The van der Waals surface area contributed by atoms with Crippen LogP contribution >= 0.6 is 0 Å². The van der Waals surface area contributed by atoms with Gasteiger partial charge >= 0.3 is 0 Å². The Labute approximate surface area is 352 Å². The number of nitrogens with zero attached hydrogens (tertiary/aromatic N) is 2. The van der Waals surface area contributed by atoms with Gasteiger partial charge in [0.15, 0.2) is 42.8 Å². The number of carbonyl (C=O) groups excluding carboxylic acids is 2. The Bertz CT molecular complexity index is 2690. The van der Waals surface area contributed by atoms with Crippen LogP contribution in [0.3, 0.4) is 0 Å². The van der Waals surface area contributed by atoms with Gasteiger partial charge in [-0.3, -0.25) is 9.59 Å². The van der Waals surface area contributed by atoms with Crippen LogP contribution in [0, 0.1) is 23.3 Å². The van der Waals surface area contributed by atoms with Crippen LogP contribution in [0.1, 0.15) is 36.8 Å². The molecule has 2 N–H and O–H groups in total. The molecule has 2 unspecified atom stereocenters. The summed E-state index contributed by atoms with van der Waals surface area (Å²) in [6, 6.07) is 21.7. The van der Waals surface area contributed by atoms with Crippen LogP contribution in [0.4, 0.5) is 29.2 Å². The predicted molar refractivity (Wildman–Crippen MR) is 216 cm³/mol. The van der Waals surface area contributed by atoms with E-state index in [4.69, 9.17) is 9.47 Å². The van der Waals surface area contributed by atoms with Crippen LogP contribution in [0.25, 0.3) is 0 Å². The average Bonchev–Trinajstić information content (AvgIpc) is 4.18. The highest BCUT2D eigenvalue weighted by Crippen LogP contribution is 2.51. The predicted octanol–water partition coefficient (Wildman–Crippen LogP) is 7.43. The third-order valence-corrected chi connectivity index (χ3v) is 14.9. The van der Waals surface area contributed by atoms with Gasteiger partial charge in [-0.15, -0.1) is 0 Å². The van der Waals surface area contributed by atoms with E-state index in [-0.39, 0.29) is 21.4 Å². The lowest BCUT2D eigenvalue weighted by Crippen LogP contribution is -2.68. The van der Waals surface area contributed by atoms with Crippen LogP contribution < -0.4 is 20.1 Å². The number of pyridine rings is 2. The summed E-state index contributed by atoms with van der Waals surface area (Å²) >= 11 is 0. The number of benzene rings is 4. The number of hydrogen-bond donors (Lipinski definition) is 2. The molecule has 0 spiro atoms. The molecule has 0 bridgehead atoms. The fourth-order valence-electron chi connectivity index (χ4n) is 6.97. The third kappa shape index (κ3) is 7.86. The second-order valence-corrected chi connectivity index (χ2v) is 19.0. The monoisotopic (exact) mass is 886 g/mol. The minimum absolute atomic E-state index is 0.171. The highest BCUT2D eigenvalue weighted by atomic mass is 32.2. The number of aromatic nitrogens is 2. The second kappa shape index (κ2) is 16.3.